The van der Waals surface area contributed by atoms with Crippen molar-refractivity contribution in [3.05, 3.63) is 46.2 Å². The van der Waals surface area contributed by atoms with E-state index in [2.05, 4.69) is 34.3 Å². The number of pyridine rings is 1. The topological polar surface area (TPSA) is 131 Å². The Morgan fingerprint density at radius 2 is 1.94 bits per heavy atom. The molecule has 0 bridgehead atoms. The first-order valence-corrected chi connectivity index (χ1v) is 11.3. The Labute approximate surface area is 203 Å². The Kier molecular flexibility index (Phi) is 8.60. The number of benzene rings is 1. The second-order valence-electron chi connectivity index (χ2n) is 8.54. The Balaban J connectivity index is 1.75. The Hall–Kier alpha value is -3.01. The van der Waals surface area contributed by atoms with Crippen molar-refractivity contribution in [2.45, 2.75) is 40.2 Å². The van der Waals surface area contributed by atoms with Crippen molar-refractivity contribution in [2.24, 2.45) is 5.92 Å². The number of rotatable bonds is 10. The molecule has 0 aliphatic rings. The quantitative estimate of drug-likeness (QED) is 0.396. The van der Waals surface area contributed by atoms with Crippen LogP contribution in [-0.4, -0.2) is 57.1 Å². The number of hydrogen-bond acceptors (Lipinski definition) is 8. The van der Waals surface area contributed by atoms with Crippen molar-refractivity contribution in [1.82, 2.24) is 20.4 Å². The third-order valence-corrected chi connectivity index (χ3v) is 5.16. The molecular weight excluding hydrogens is 460 g/mol. The van der Waals surface area contributed by atoms with Gasteiger partial charge in [0.25, 0.3) is 5.89 Å². The van der Waals surface area contributed by atoms with E-state index in [1.807, 2.05) is 32.0 Å². The average Bonchev–Trinajstić information content (AvgIpc) is 3.26. The number of amides is 1. The molecule has 34 heavy (non-hydrogen) atoms. The van der Waals surface area contributed by atoms with E-state index >= 15 is 0 Å². The van der Waals surface area contributed by atoms with Gasteiger partial charge in [-0.1, -0.05) is 30.6 Å². The van der Waals surface area contributed by atoms with Gasteiger partial charge in [0.2, 0.25) is 11.7 Å². The summed E-state index contributed by atoms with van der Waals surface area (Å²) in [6.45, 7) is 7.26. The highest BCUT2D eigenvalue weighted by atomic mass is 35.5. The first-order valence-electron chi connectivity index (χ1n) is 11.0. The summed E-state index contributed by atoms with van der Waals surface area (Å²) in [5.41, 5.74) is 4.05. The van der Waals surface area contributed by atoms with Gasteiger partial charge < -0.3 is 24.8 Å². The van der Waals surface area contributed by atoms with Gasteiger partial charge in [0.05, 0.1) is 5.02 Å². The van der Waals surface area contributed by atoms with E-state index in [0.717, 1.165) is 28.9 Å². The molecule has 1 atom stereocenters. The van der Waals surface area contributed by atoms with Crippen molar-refractivity contribution in [3.8, 4) is 28.6 Å². The lowest BCUT2D eigenvalue weighted by Crippen LogP contribution is -2.36. The lowest BCUT2D eigenvalue weighted by Gasteiger charge is -2.16. The molecule has 10 heteroatoms. The summed E-state index contributed by atoms with van der Waals surface area (Å²) >= 11 is 6.43. The van der Waals surface area contributed by atoms with Crippen LogP contribution in [0.5, 0.6) is 5.75 Å². The molecule has 2 aromatic heterocycles. The summed E-state index contributed by atoms with van der Waals surface area (Å²) in [6.07, 6.45) is -0.108. The number of nitrogens with zero attached hydrogens (tertiary/aromatic N) is 3. The summed E-state index contributed by atoms with van der Waals surface area (Å²) in [5, 5.41) is 25.5. The fourth-order valence-corrected chi connectivity index (χ4v) is 3.73. The van der Waals surface area contributed by atoms with Gasteiger partial charge in [-0.3, -0.25) is 9.78 Å². The van der Waals surface area contributed by atoms with Gasteiger partial charge in [0, 0.05) is 29.1 Å². The Morgan fingerprint density at radius 1 is 1.18 bits per heavy atom. The van der Waals surface area contributed by atoms with Gasteiger partial charge in [-0.15, -0.1) is 0 Å². The monoisotopic (exact) mass is 488 g/mol. The molecule has 1 aromatic carbocycles. The predicted molar refractivity (Wildman–Crippen MR) is 128 cm³/mol. The molecule has 0 spiro atoms. The number of aliphatic hydroxyl groups is 2. The molecule has 2 heterocycles. The summed E-state index contributed by atoms with van der Waals surface area (Å²) in [5.74, 6) is 1.09. The highest BCUT2D eigenvalue weighted by Crippen LogP contribution is 2.34. The van der Waals surface area contributed by atoms with E-state index in [1.54, 1.807) is 6.07 Å². The fraction of sp³-hybridized carbons (Fsp3) is 0.417. The summed E-state index contributed by atoms with van der Waals surface area (Å²) in [4.78, 5) is 20.2. The number of hydrogen-bond donors (Lipinski definition) is 3. The molecule has 0 unspecified atom stereocenters. The number of aryl methyl sites for hydroxylation is 2. The van der Waals surface area contributed by atoms with Gasteiger partial charge in [-0.2, -0.15) is 4.98 Å². The zero-order valence-corrected chi connectivity index (χ0v) is 20.4. The maximum absolute atomic E-state index is 11.1. The fourth-order valence-electron chi connectivity index (χ4n) is 3.41. The van der Waals surface area contributed by atoms with E-state index in [4.69, 9.17) is 26.0 Å². The minimum atomic E-state index is -0.963. The summed E-state index contributed by atoms with van der Waals surface area (Å²) in [7, 11) is 0. The molecule has 0 aliphatic heterocycles. The van der Waals surface area contributed by atoms with E-state index in [9.17, 15) is 9.90 Å². The van der Waals surface area contributed by atoms with Crippen molar-refractivity contribution in [3.63, 3.8) is 0 Å². The molecule has 3 rings (SSSR count). The Bertz CT molecular complexity index is 1130. The van der Waals surface area contributed by atoms with Crippen LogP contribution in [0.1, 0.15) is 30.8 Å². The zero-order chi connectivity index (χ0) is 24.8. The third kappa shape index (κ3) is 6.75. The smallest absolute Gasteiger partial charge is 0.258 e. The van der Waals surface area contributed by atoms with Crippen LogP contribution in [0.15, 0.2) is 28.8 Å². The molecular formula is C24H29ClN4O5. The van der Waals surface area contributed by atoms with E-state index < -0.39 is 18.6 Å². The van der Waals surface area contributed by atoms with Crippen LogP contribution < -0.4 is 10.1 Å². The van der Waals surface area contributed by atoms with Gasteiger partial charge in [-0.25, -0.2) is 0 Å². The van der Waals surface area contributed by atoms with Crippen molar-refractivity contribution in [1.29, 1.82) is 0 Å². The van der Waals surface area contributed by atoms with Crippen LogP contribution >= 0.6 is 11.6 Å². The van der Waals surface area contributed by atoms with E-state index in [1.165, 1.54) is 0 Å². The van der Waals surface area contributed by atoms with Crippen molar-refractivity contribution in [2.75, 3.05) is 19.8 Å². The molecule has 0 fully saturated rings. The number of carbonyl (C=O) groups is 1. The summed E-state index contributed by atoms with van der Waals surface area (Å²) < 4.78 is 11.2. The molecule has 0 saturated heterocycles. The Morgan fingerprint density at radius 3 is 2.62 bits per heavy atom. The molecule has 9 nitrogen and oxygen atoms in total. The van der Waals surface area contributed by atoms with Crippen molar-refractivity contribution >= 4 is 17.5 Å². The van der Waals surface area contributed by atoms with Crippen LogP contribution in [0.4, 0.5) is 0 Å². The van der Waals surface area contributed by atoms with Gasteiger partial charge in [-0.05, 0) is 56.0 Å². The van der Waals surface area contributed by atoms with Crippen LogP contribution in [0.2, 0.25) is 5.02 Å². The lowest BCUT2D eigenvalue weighted by atomic mass is 10.1. The van der Waals surface area contributed by atoms with Crippen molar-refractivity contribution < 1.29 is 24.3 Å². The maximum atomic E-state index is 11.1. The number of carbonyl (C=O) groups excluding carboxylic acids is 1. The highest BCUT2D eigenvalue weighted by Gasteiger charge is 2.17. The van der Waals surface area contributed by atoms with E-state index in [0.29, 0.717) is 34.0 Å². The number of nitrogens with one attached hydrogen (secondary N) is 1. The number of aliphatic hydroxyl groups excluding tert-OH is 2. The second kappa shape index (κ2) is 11.4. The number of aromatic nitrogens is 3. The first kappa shape index (κ1) is 25.6. The minimum absolute atomic E-state index is 0.0485. The molecule has 182 valence electrons. The van der Waals surface area contributed by atoms with Crippen LogP contribution in [-0.2, 0) is 11.2 Å². The highest BCUT2D eigenvalue weighted by molar-refractivity contribution is 6.32. The largest absolute Gasteiger partial charge is 0.489 e. The zero-order valence-electron chi connectivity index (χ0n) is 19.6. The molecule has 3 N–H and O–H groups in total. The van der Waals surface area contributed by atoms with E-state index in [-0.39, 0.29) is 13.2 Å². The molecule has 3 aromatic rings. The molecule has 0 radical (unpaired) electrons. The lowest BCUT2D eigenvalue weighted by molar-refractivity contribution is -0.124. The van der Waals surface area contributed by atoms with Gasteiger partial charge in [0.15, 0.2) is 0 Å². The van der Waals surface area contributed by atoms with Gasteiger partial charge >= 0.3 is 0 Å². The molecule has 0 aliphatic carbocycles. The average molecular weight is 489 g/mol. The second-order valence-corrected chi connectivity index (χ2v) is 8.95. The number of halogens is 1. The van der Waals surface area contributed by atoms with Gasteiger partial charge in [0.1, 0.15) is 25.1 Å². The maximum Gasteiger partial charge on any atom is 0.258 e. The molecule has 1 amide bonds. The van der Waals surface area contributed by atoms with Crippen LogP contribution in [0.25, 0.3) is 22.8 Å². The van der Waals surface area contributed by atoms with Crippen LogP contribution in [0, 0.1) is 19.8 Å². The summed E-state index contributed by atoms with van der Waals surface area (Å²) in [6, 6.07) is 7.36. The SMILES string of the molecule is Cc1cc(-c2nc(-c3cc(C)c(OC[C@@H](O)CNC(=O)CO)c(Cl)c3)no2)cc(CC(C)C)n1. The molecule has 0 saturated carbocycles. The number of ether oxygens (including phenoxy) is 1. The predicted octanol–water partition coefficient (Wildman–Crippen LogP) is 3.12. The third-order valence-electron chi connectivity index (χ3n) is 4.88. The minimum Gasteiger partial charge on any atom is -0.489 e. The standard InChI is InChI=1S/C24H29ClN4O5/c1-13(2)5-18-8-17(7-15(4)27-18)24-28-23(29-34-24)16-6-14(3)22(20(25)9-16)33-12-19(31)10-26-21(32)11-30/h6-9,13,19,30-31H,5,10-12H2,1-4H3,(H,26,32)/t19-/m0/s1. The first-order chi connectivity index (χ1) is 16.2. The van der Waals surface area contributed by atoms with Crippen LogP contribution in [0.3, 0.4) is 0 Å². The normalized spacial score (nSPS) is 12.1.